The highest BCUT2D eigenvalue weighted by atomic mass is 16.3. The normalized spacial score (nSPS) is 51.5. The Morgan fingerprint density at radius 2 is 2.00 bits per heavy atom. The van der Waals surface area contributed by atoms with Gasteiger partial charge in [-0.2, -0.15) is 0 Å². The van der Waals surface area contributed by atoms with Gasteiger partial charge in [0.15, 0.2) is 5.78 Å². The first-order chi connectivity index (χ1) is 11.3. The molecule has 4 aliphatic carbocycles. The second kappa shape index (κ2) is 5.28. The maximum Gasteiger partial charge on any atom is 0.178 e. The Balaban J connectivity index is 1.72. The molecule has 0 aromatic carbocycles. The summed E-state index contributed by atoms with van der Waals surface area (Å²) in [5, 5.41) is 21.4. The molecule has 4 aliphatic rings. The molecule has 4 rings (SSSR count). The molecule has 0 bridgehead atoms. The quantitative estimate of drug-likeness (QED) is 0.776. The molecule has 0 aromatic rings. The van der Waals surface area contributed by atoms with Crippen molar-refractivity contribution >= 4 is 5.78 Å². The minimum atomic E-state index is -0.359. The van der Waals surface area contributed by atoms with E-state index in [1.165, 1.54) is 5.57 Å². The predicted octanol–water partition coefficient (Wildman–Crippen LogP) is 3.26. The minimum absolute atomic E-state index is 0.0422. The highest BCUT2D eigenvalue weighted by molar-refractivity contribution is 6.01. The lowest BCUT2D eigenvalue weighted by atomic mass is 9.46. The van der Waals surface area contributed by atoms with Crippen molar-refractivity contribution in [1.29, 1.82) is 0 Å². The van der Waals surface area contributed by atoms with Gasteiger partial charge in [-0.15, -0.1) is 0 Å². The van der Waals surface area contributed by atoms with Crippen LogP contribution in [-0.4, -0.2) is 28.2 Å². The first-order valence-electron chi connectivity index (χ1n) is 9.58. The van der Waals surface area contributed by atoms with E-state index in [0.29, 0.717) is 17.8 Å². The van der Waals surface area contributed by atoms with Gasteiger partial charge >= 0.3 is 0 Å². The first kappa shape index (κ1) is 16.5. The van der Waals surface area contributed by atoms with Crippen LogP contribution in [0.15, 0.2) is 23.8 Å². The maximum absolute atomic E-state index is 11.8. The third-order valence-electron chi connectivity index (χ3n) is 8.15. The van der Waals surface area contributed by atoms with E-state index in [4.69, 9.17) is 0 Å². The van der Waals surface area contributed by atoms with Gasteiger partial charge in [0.1, 0.15) is 0 Å². The fourth-order valence-electron chi connectivity index (χ4n) is 7.16. The molecule has 3 saturated carbocycles. The molecular formula is C21H30O3. The Hall–Kier alpha value is -0.930. The molecule has 3 heteroatoms. The molecule has 8 atom stereocenters. The molecule has 132 valence electrons. The van der Waals surface area contributed by atoms with E-state index in [-0.39, 0.29) is 34.7 Å². The predicted molar refractivity (Wildman–Crippen MR) is 93.2 cm³/mol. The van der Waals surface area contributed by atoms with Crippen LogP contribution in [-0.2, 0) is 4.79 Å². The molecule has 0 radical (unpaired) electrons. The van der Waals surface area contributed by atoms with E-state index in [0.717, 1.165) is 32.1 Å². The lowest BCUT2D eigenvalue weighted by Gasteiger charge is -2.59. The molecule has 24 heavy (non-hydrogen) atoms. The van der Waals surface area contributed by atoms with Crippen LogP contribution >= 0.6 is 0 Å². The summed E-state index contributed by atoms with van der Waals surface area (Å²) in [6, 6.07) is 0. The van der Waals surface area contributed by atoms with Gasteiger partial charge < -0.3 is 10.2 Å². The van der Waals surface area contributed by atoms with Crippen molar-refractivity contribution in [3.05, 3.63) is 23.8 Å². The van der Waals surface area contributed by atoms with Gasteiger partial charge in [0.2, 0.25) is 0 Å². The van der Waals surface area contributed by atoms with Crippen molar-refractivity contribution in [2.24, 2.45) is 34.5 Å². The highest BCUT2D eigenvalue weighted by Crippen LogP contribution is 2.66. The monoisotopic (exact) mass is 330 g/mol. The van der Waals surface area contributed by atoms with Gasteiger partial charge in [-0.3, -0.25) is 4.79 Å². The van der Waals surface area contributed by atoms with E-state index in [9.17, 15) is 15.0 Å². The number of aliphatic hydroxyl groups is 2. The fraction of sp³-hybridized carbons (Fsp3) is 0.762. The summed E-state index contributed by atoms with van der Waals surface area (Å²) in [5.41, 5.74) is 1.07. The third kappa shape index (κ3) is 2.07. The van der Waals surface area contributed by atoms with Crippen LogP contribution in [0.4, 0.5) is 0 Å². The molecule has 0 aliphatic heterocycles. The number of carbonyl (C=O) groups excluding carboxylic acids is 1. The molecule has 0 spiro atoms. The number of fused-ring (bicyclic) bond motifs is 5. The van der Waals surface area contributed by atoms with Crippen molar-refractivity contribution in [3.8, 4) is 0 Å². The third-order valence-corrected chi connectivity index (χ3v) is 8.15. The van der Waals surface area contributed by atoms with Crippen LogP contribution in [0.25, 0.3) is 0 Å². The van der Waals surface area contributed by atoms with Crippen molar-refractivity contribution in [2.45, 2.75) is 65.1 Å². The summed E-state index contributed by atoms with van der Waals surface area (Å²) in [4.78, 5) is 11.8. The van der Waals surface area contributed by atoms with E-state index in [1.54, 1.807) is 6.08 Å². The molecule has 3 nitrogen and oxygen atoms in total. The van der Waals surface area contributed by atoms with E-state index in [2.05, 4.69) is 19.9 Å². The topological polar surface area (TPSA) is 57.5 Å². The zero-order valence-electron chi connectivity index (χ0n) is 15.0. The van der Waals surface area contributed by atoms with Gasteiger partial charge in [-0.25, -0.2) is 0 Å². The molecule has 0 amide bonds. The van der Waals surface area contributed by atoms with Crippen molar-refractivity contribution in [3.63, 3.8) is 0 Å². The lowest BCUT2D eigenvalue weighted by Crippen LogP contribution is -2.56. The van der Waals surface area contributed by atoms with E-state index >= 15 is 0 Å². The average molecular weight is 330 g/mol. The number of rotatable bonds is 1. The van der Waals surface area contributed by atoms with Gasteiger partial charge in [0, 0.05) is 11.3 Å². The van der Waals surface area contributed by atoms with Crippen LogP contribution in [0, 0.1) is 34.5 Å². The lowest BCUT2D eigenvalue weighted by molar-refractivity contribution is -0.127. The van der Waals surface area contributed by atoms with Crippen LogP contribution in [0.1, 0.15) is 52.9 Å². The Labute approximate surface area is 144 Å². The maximum atomic E-state index is 11.8. The Morgan fingerprint density at radius 3 is 2.71 bits per heavy atom. The first-order valence-corrected chi connectivity index (χ1v) is 9.58. The summed E-state index contributed by atoms with van der Waals surface area (Å²) in [7, 11) is 0. The molecule has 0 heterocycles. The molecule has 0 aromatic heterocycles. The molecular weight excluding hydrogens is 300 g/mol. The number of hydrogen-bond donors (Lipinski definition) is 2. The Bertz CT molecular complexity index is 619. The van der Waals surface area contributed by atoms with Gasteiger partial charge in [-0.05, 0) is 74.3 Å². The number of hydrogen-bond acceptors (Lipinski definition) is 3. The summed E-state index contributed by atoms with van der Waals surface area (Å²) in [6.07, 6.45) is 9.95. The number of allylic oxidation sites excluding steroid dienone is 4. The number of aliphatic hydroxyl groups excluding tert-OH is 2. The van der Waals surface area contributed by atoms with E-state index in [1.807, 2.05) is 13.0 Å². The minimum Gasteiger partial charge on any atom is -0.393 e. The Morgan fingerprint density at radius 1 is 1.25 bits per heavy atom. The molecule has 3 fully saturated rings. The highest BCUT2D eigenvalue weighted by Gasteiger charge is 2.61. The van der Waals surface area contributed by atoms with Gasteiger partial charge in [0.25, 0.3) is 0 Å². The standard InChI is InChI=1S/C21H30O3/c1-12(22)16-6-7-17-15-5-4-13-10-14(23)8-9-20(13,2)19(15)18(24)11-21(16,17)3/h8-10,12,15-19,22,24H,4-7,11H2,1-3H3. The van der Waals surface area contributed by atoms with Crippen molar-refractivity contribution in [1.82, 2.24) is 0 Å². The molecule has 2 N–H and O–H groups in total. The van der Waals surface area contributed by atoms with Gasteiger partial charge in [0.05, 0.1) is 12.2 Å². The van der Waals surface area contributed by atoms with Crippen molar-refractivity contribution < 1.29 is 15.0 Å². The second-order valence-corrected chi connectivity index (χ2v) is 9.22. The largest absolute Gasteiger partial charge is 0.393 e. The summed E-state index contributed by atoms with van der Waals surface area (Å²) >= 11 is 0. The molecule has 0 saturated heterocycles. The summed E-state index contributed by atoms with van der Waals surface area (Å²) in [5.74, 6) is 1.66. The second-order valence-electron chi connectivity index (χ2n) is 9.22. The summed E-state index contributed by atoms with van der Waals surface area (Å²) < 4.78 is 0. The average Bonchev–Trinajstić information content (AvgIpc) is 2.84. The smallest absolute Gasteiger partial charge is 0.178 e. The van der Waals surface area contributed by atoms with Gasteiger partial charge in [-0.1, -0.05) is 25.5 Å². The van der Waals surface area contributed by atoms with E-state index < -0.39 is 0 Å². The fourth-order valence-corrected chi connectivity index (χ4v) is 7.16. The number of ketones is 1. The van der Waals surface area contributed by atoms with Crippen molar-refractivity contribution in [2.75, 3.05) is 0 Å². The summed E-state index contributed by atoms with van der Waals surface area (Å²) in [6.45, 7) is 6.43. The number of carbonyl (C=O) groups is 1. The Kier molecular flexibility index (Phi) is 3.64. The van der Waals surface area contributed by atoms with Crippen LogP contribution in [0.5, 0.6) is 0 Å². The van der Waals surface area contributed by atoms with Crippen LogP contribution < -0.4 is 0 Å². The SMILES string of the molecule is CC(O)C1CCC2C3CCC4=CC(=O)C=CC4(C)C3C(O)CC12C. The van der Waals surface area contributed by atoms with Crippen LogP contribution in [0.3, 0.4) is 0 Å². The molecule has 8 unspecified atom stereocenters. The van der Waals surface area contributed by atoms with Crippen LogP contribution in [0.2, 0.25) is 0 Å². The zero-order valence-corrected chi connectivity index (χ0v) is 15.0. The zero-order chi connectivity index (χ0) is 17.3.